The van der Waals surface area contributed by atoms with Crippen molar-refractivity contribution >= 4 is 29.3 Å². The maximum atomic E-state index is 12.4. The smallest absolute Gasteiger partial charge is 0.410 e. The summed E-state index contributed by atoms with van der Waals surface area (Å²) in [5, 5.41) is 3.25. The molecule has 2 aromatic rings. The highest BCUT2D eigenvalue weighted by molar-refractivity contribution is 5.96. The van der Waals surface area contributed by atoms with Crippen LogP contribution in [0.25, 0.3) is 0 Å². The van der Waals surface area contributed by atoms with Gasteiger partial charge in [-0.05, 0) is 63.6 Å². The van der Waals surface area contributed by atoms with Crippen LogP contribution in [0.4, 0.5) is 22.1 Å². The number of benzene rings is 1. The van der Waals surface area contributed by atoms with Crippen LogP contribution in [0.3, 0.4) is 0 Å². The minimum absolute atomic E-state index is 0.114. The Hall–Kier alpha value is -3.40. The van der Waals surface area contributed by atoms with Gasteiger partial charge in [0.1, 0.15) is 11.4 Å². The molecule has 1 spiro atoms. The van der Waals surface area contributed by atoms with Gasteiger partial charge in [0.15, 0.2) is 11.5 Å². The summed E-state index contributed by atoms with van der Waals surface area (Å²) in [6, 6.07) is 8.12. The van der Waals surface area contributed by atoms with Gasteiger partial charge in [-0.15, -0.1) is 0 Å². The van der Waals surface area contributed by atoms with Gasteiger partial charge in [-0.2, -0.15) is 0 Å². The van der Waals surface area contributed by atoms with Gasteiger partial charge in [0.05, 0.1) is 19.4 Å². The van der Waals surface area contributed by atoms with E-state index in [0.29, 0.717) is 24.8 Å². The summed E-state index contributed by atoms with van der Waals surface area (Å²) in [5.41, 5.74) is 7.45. The van der Waals surface area contributed by atoms with Crippen LogP contribution in [-0.4, -0.2) is 71.9 Å². The fourth-order valence-corrected chi connectivity index (χ4v) is 5.25. The van der Waals surface area contributed by atoms with Gasteiger partial charge >= 0.3 is 6.09 Å². The molecule has 0 saturated carbocycles. The molecule has 1 aromatic heterocycles. The average molecular weight is 509 g/mol. The molecule has 0 aliphatic carbocycles. The van der Waals surface area contributed by atoms with Crippen molar-refractivity contribution in [1.29, 1.82) is 0 Å². The van der Waals surface area contributed by atoms with Gasteiger partial charge in [0.2, 0.25) is 0 Å². The molecular weight excluding hydrogens is 472 g/mol. The first-order chi connectivity index (χ1) is 17.6. The highest BCUT2D eigenvalue weighted by Gasteiger charge is 2.45. The molecule has 1 aromatic carbocycles. The van der Waals surface area contributed by atoms with Crippen molar-refractivity contribution in [3.8, 4) is 0 Å². The fourth-order valence-electron chi connectivity index (χ4n) is 5.25. The summed E-state index contributed by atoms with van der Waals surface area (Å²) in [6.07, 6.45) is 4.20. The number of hydrogen-bond acceptors (Lipinski definition) is 8. The number of nitrogens with two attached hydrogens (primary N) is 1. The molecule has 3 aliphatic rings. The minimum Gasteiger partial charge on any atom is -0.444 e. The lowest BCUT2D eigenvalue weighted by atomic mass is 9.85. The lowest BCUT2D eigenvalue weighted by molar-refractivity contribution is -0.0985. The third-order valence-corrected chi connectivity index (χ3v) is 7.36. The van der Waals surface area contributed by atoms with Crippen LogP contribution in [-0.2, 0) is 9.47 Å². The van der Waals surface area contributed by atoms with Crippen LogP contribution in [0.2, 0.25) is 0 Å². The zero-order chi connectivity index (χ0) is 26.2. The molecule has 198 valence electrons. The molecule has 0 bridgehead atoms. The van der Waals surface area contributed by atoms with Crippen LogP contribution in [0.5, 0.6) is 0 Å². The second kappa shape index (κ2) is 9.81. The molecule has 37 heavy (non-hydrogen) atoms. The molecule has 0 atom stereocenters. The topological polar surface area (TPSA) is 123 Å². The number of likely N-dealkylation sites (tertiary alicyclic amines) is 1. The molecule has 0 unspecified atom stereocenters. The number of anilines is 3. The van der Waals surface area contributed by atoms with Gasteiger partial charge in [-0.1, -0.05) is 12.1 Å². The van der Waals surface area contributed by atoms with E-state index in [2.05, 4.69) is 27.3 Å². The summed E-state index contributed by atoms with van der Waals surface area (Å²) in [5.74, 6) is 0.828. The van der Waals surface area contributed by atoms with Crippen LogP contribution >= 0.6 is 0 Å². The predicted molar refractivity (Wildman–Crippen MR) is 140 cm³/mol. The fraction of sp³-hybridized carbons (Fsp3) is 0.556. The van der Waals surface area contributed by atoms with E-state index < -0.39 is 11.5 Å². The van der Waals surface area contributed by atoms with Gasteiger partial charge in [-0.25, -0.2) is 14.8 Å². The third kappa shape index (κ3) is 5.64. The number of carbonyl (C=O) groups excluding carboxylic acids is 2. The van der Waals surface area contributed by atoms with E-state index in [1.54, 1.807) is 11.1 Å². The number of rotatable bonds is 5. The van der Waals surface area contributed by atoms with Crippen LogP contribution < -0.4 is 16.0 Å². The molecule has 10 nitrogen and oxygen atoms in total. The molecule has 3 aliphatic heterocycles. The molecule has 3 N–H and O–H groups in total. The SMILES string of the molecule is CC(C)(C)OC(=O)N1CCC(c2ccc(Nc3nc(N4CCC5(COC5)C4)cnc3C(N)=O)cc2)CC1. The lowest BCUT2D eigenvalue weighted by Crippen LogP contribution is -2.44. The maximum absolute atomic E-state index is 12.4. The van der Waals surface area contributed by atoms with Crippen molar-refractivity contribution in [1.82, 2.24) is 14.9 Å². The first-order valence-corrected chi connectivity index (χ1v) is 13.0. The summed E-state index contributed by atoms with van der Waals surface area (Å²) in [7, 11) is 0. The second-order valence-electron chi connectivity index (χ2n) is 11.4. The number of carbonyl (C=O) groups is 2. The normalized spacial score (nSPS) is 19.5. The Morgan fingerprint density at radius 1 is 1.14 bits per heavy atom. The Morgan fingerprint density at radius 2 is 1.84 bits per heavy atom. The van der Waals surface area contributed by atoms with Crippen LogP contribution in [0, 0.1) is 5.41 Å². The number of aromatic nitrogens is 2. The summed E-state index contributed by atoms with van der Waals surface area (Å²) in [6.45, 7) is 10.3. The van der Waals surface area contributed by atoms with Gasteiger partial charge < -0.3 is 30.3 Å². The van der Waals surface area contributed by atoms with Gasteiger partial charge in [-0.3, -0.25) is 4.79 Å². The minimum atomic E-state index is -0.625. The number of nitrogens with one attached hydrogen (secondary N) is 1. The largest absolute Gasteiger partial charge is 0.444 e. The van der Waals surface area contributed by atoms with E-state index in [-0.39, 0.29) is 17.2 Å². The number of hydrogen-bond donors (Lipinski definition) is 2. The monoisotopic (exact) mass is 508 g/mol. The van der Waals surface area contributed by atoms with E-state index in [4.69, 9.17) is 20.2 Å². The molecule has 2 amide bonds. The number of piperidine rings is 1. The Labute approximate surface area is 217 Å². The Balaban J connectivity index is 1.23. The first kappa shape index (κ1) is 25.3. The van der Waals surface area contributed by atoms with Crippen LogP contribution in [0.1, 0.15) is 62.0 Å². The number of nitrogens with zero attached hydrogens (tertiary/aromatic N) is 4. The third-order valence-electron chi connectivity index (χ3n) is 7.36. The number of ether oxygens (including phenoxy) is 2. The molecule has 4 heterocycles. The first-order valence-electron chi connectivity index (χ1n) is 13.0. The zero-order valence-corrected chi connectivity index (χ0v) is 21.8. The molecule has 0 radical (unpaired) electrons. The second-order valence-corrected chi connectivity index (χ2v) is 11.4. The van der Waals surface area contributed by atoms with Crippen molar-refractivity contribution in [3.63, 3.8) is 0 Å². The number of primary amides is 1. The lowest BCUT2D eigenvalue weighted by Gasteiger charge is -2.37. The van der Waals surface area contributed by atoms with E-state index >= 15 is 0 Å². The Bertz CT molecular complexity index is 1150. The van der Waals surface area contributed by atoms with E-state index in [1.807, 2.05) is 32.9 Å². The standard InChI is InChI=1S/C27H36N6O4/c1-26(2,3)37-25(35)32-11-8-19(9-12-32)18-4-6-20(7-5-18)30-24-22(23(28)34)29-14-21(31-24)33-13-10-27(15-33)16-36-17-27/h4-7,14,19H,8-13,15-17H2,1-3H3,(H2,28,34)(H,30,31). The van der Waals surface area contributed by atoms with E-state index in [1.165, 1.54) is 5.56 Å². The van der Waals surface area contributed by atoms with Crippen molar-refractivity contribution in [2.45, 2.75) is 51.6 Å². The summed E-state index contributed by atoms with van der Waals surface area (Å²) < 4.78 is 10.9. The highest BCUT2D eigenvalue weighted by Crippen LogP contribution is 2.39. The summed E-state index contributed by atoms with van der Waals surface area (Å²) >= 11 is 0. The molecule has 10 heteroatoms. The van der Waals surface area contributed by atoms with Gasteiger partial charge in [0.25, 0.3) is 5.91 Å². The molecular formula is C27H36N6O4. The van der Waals surface area contributed by atoms with Gasteiger partial charge in [0, 0.05) is 37.3 Å². The maximum Gasteiger partial charge on any atom is 0.410 e. The van der Waals surface area contributed by atoms with E-state index in [9.17, 15) is 9.59 Å². The van der Waals surface area contributed by atoms with Crippen molar-refractivity contribution < 1.29 is 19.1 Å². The zero-order valence-electron chi connectivity index (χ0n) is 21.8. The average Bonchev–Trinajstić information content (AvgIpc) is 3.30. The molecule has 3 saturated heterocycles. The Morgan fingerprint density at radius 3 is 2.41 bits per heavy atom. The van der Waals surface area contributed by atoms with E-state index in [0.717, 1.165) is 57.1 Å². The number of amides is 2. The summed E-state index contributed by atoms with van der Waals surface area (Å²) in [4.78, 5) is 37.4. The molecule has 3 fully saturated rings. The van der Waals surface area contributed by atoms with Crippen molar-refractivity contribution in [2.24, 2.45) is 11.1 Å². The van der Waals surface area contributed by atoms with Crippen molar-refractivity contribution in [2.75, 3.05) is 49.6 Å². The van der Waals surface area contributed by atoms with Crippen molar-refractivity contribution in [3.05, 3.63) is 41.7 Å². The quantitative estimate of drug-likeness (QED) is 0.627. The van der Waals surface area contributed by atoms with Crippen LogP contribution in [0.15, 0.2) is 30.5 Å². The highest BCUT2D eigenvalue weighted by atomic mass is 16.6. The molecule has 5 rings (SSSR count). The predicted octanol–water partition coefficient (Wildman–Crippen LogP) is 3.66. The Kier molecular flexibility index (Phi) is 6.70.